The van der Waals surface area contributed by atoms with Gasteiger partial charge < -0.3 is 48.8 Å². The summed E-state index contributed by atoms with van der Waals surface area (Å²) in [5.41, 5.74) is 1.13. The van der Waals surface area contributed by atoms with Crippen LogP contribution in [0.5, 0.6) is 0 Å². The van der Waals surface area contributed by atoms with Crippen molar-refractivity contribution < 1.29 is 128 Å². The maximum atomic E-state index is 10.8. The zero-order chi connectivity index (χ0) is 47.4. The SMILES string of the molecule is C=C(C)C(=O)OCCOC(=O)CC(C)=O.C=C(C)C(=O)OCCOC(=O)CC(C)=O.C=C(C)C(=O)OCCOC(=O)CC(C)=O.C=C(C)C(=O)OCCOC(=O)CC(C)=O.[O-2].[O-2].[Ti+4]. The number of Topliss-reactive ketones (excluding diaryl/α,β-unsaturated/α-hetero) is 4. The van der Waals surface area contributed by atoms with Crippen LogP contribution in [0, 0.1) is 0 Å². The van der Waals surface area contributed by atoms with Crippen LogP contribution < -0.4 is 0 Å². The van der Waals surface area contributed by atoms with Crippen molar-refractivity contribution in [3.05, 3.63) is 48.6 Å². The van der Waals surface area contributed by atoms with Crippen molar-refractivity contribution >= 4 is 70.9 Å². The van der Waals surface area contributed by atoms with Crippen LogP contribution in [0.2, 0.25) is 0 Å². The molecule has 0 rings (SSSR count). The van der Waals surface area contributed by atoms with Crippen molar-refractivity contribution in [2.45, 2.75) is 81.1 Å². The molecule has 0 unspecified atom stereocenters. The first-order chi connectivity index (χ1) is 27.7. The van der Waals surface area contributed by atoms with Crippen LogP contribution in [-0.2, 0) is 128 Å². The Morgan fingerprint density at radius 3 is 0.524 bits per heavy atom. The smallest absolute Gasteiger partial charge is 2.00 e. The zero-order valence-electron chi connectivity index (χ0n) is 36.8. The molecule has 0 bridgehead atoms. The Labute approximate surface area is 380 Å². The van der Waals surface area contributed by atoms with E-state index in [1.807, 2.05) is 0 Å². The van der Waals surface area contributed by atoms with Gasteiger partial charge in [-0.05, 0) is 55.4 Å². The van der Waals surface area contributed by atoms with Gasteiger partial charge in [0.05, 0.1) is 0 Å². The summed E-state index contributed by atoms with van der Waals surface area (Å²) in [5, 5.41) is 0. The first-order valence-corrected chi connectivity index (χ1v) is 17.6. The Kier molecular flexibility index (Phi) is 50.1. The fourth-order valence-corrected chi connectivity index (χ4v) is 2.67. The van der Waals surface area contributed by atoms with Gasteiger partial charge in [-0.15, -0.1) is 0 Å². The monoisotopic (exact) mass is 936 g/mol. The van der Waals surface area contributed by atoms with Crippen molar-refractivity contribution in [3.63, 3.8) is 0 Å². The molecule has 352 valence electrons. The summed E-state index contributed by atoms with van der Waals surface area (Å²) in [6, 6.07) is 0. The number of rotatable bonds is 24. The number of hydrogen-bond acceptors (Lipinski definition) is 20. The summed E-state index contributed by atoms with van der Waals surface area (Å²) in [6.45, 7) is 24.4. The summed E-state index contributed by atoms with van der Waals surface area (Å²) in [7, 11) is 0. The molecule has 0 heterocycles. The Bertz CT molecular complexity index is 1360. The van der Waals surface area contributed by atoms with E-state index in [0.29, 0.717) is 0 Å². The van der Waals surface area contributed by atoms with Gasteiger partial charge in [0.1, 0.15) is 102 Å². The molecule has 0 amide bonds. The molecule has 63 heavy (non-hydrogen) atoms. The molecule has 0 spiro atoms. The molecule has 0 atom stereocenters. The number of hydrogen-bond donors (Lipinski definition) is 0. The first kappa shape index (κ1) is 71.5. The molecule has 0 aromatic heterocycles. The second-order valence-electron chi connectivity index (χ2n) is 12.1. The Morgan fingerprint density at radius 2 is 0.413 bits per heavy atom. The van der Waals surface area contributed by atoms with E-state index in [1.54, 1.807) is 0 Å². The predicted molar refractivity (Wildman–Crippen MR) is 209 cm³/mol. The van der Waals surface area contributed by atoms with Crippen LogP contribution in [0.4, 0.5) is 0 Å². The van der Waals surface area contributed by atoms with Crippen LogP contribution in [0.3, 0.4) is 0 Å². The summed E-state index contributed by atoms with van der Waals surface area (Å²) in [5.74, 6) is -5.65. The molecule has 0 aliphatic rings. The fourth-order valence-electron chi connectivity index (χ4n) is 2.67. The van der Waals surface area contributed by atoms with Gasteiger partial charge in [-0.1, -0.05) is 26.3 Å². The Hall–Kier alpha value is -5.97. The van der Waals surface area contributed by atoms with Crippen molar-refractivity contribution in [2.75, 3.05) is 52.9 Å². The average molecular weight is 937 g/mol. The normalized spacial score (nSPS) is 8.76. The van der Waals surface area contributed by atoms with Crippen LogP contribution in [0.15, 0.2) is 48.6 Å². The molecule has 0 aliphatic heterocycles. The molecule has 0 saturated carbocycles. The molecule has 0 aromatic carbocycles. The number of ketones is 4. The molecule has 23 heteroatoms. The van der Waals surface area contributed by atoms with E-state index in [0.717, 1.165) is 0 Å². The summed E-state index contributed by atoms with van der Waals surface area (Å²) in [4.78, 5) is 129. The number of esters is 8. The first-order valence-electron chi connectivity index (χ1n) is 17.6. The van der Waals surface area contributed by atoms with Crippen LogP contribution in [0.25, 0.3) is 0 Å². The number of ether oxygens (including phenoxy) is 8. The molecule has 0 fully saturated rings. The van der Waals surface area contributed by atoms with Crippen LogP contribution >= 0.6 is 0 Å². The number of carbonyl (C=O) groups excluding carboxylic acids is 12. The second kappa shape index (κ2) is 44.1. The minimum absolute atomic E-state index is 0. The van der Waals surface area contributed by atoms with Gasteiger partial charge in [0.15, 0.2) is 0 Å². The molecule has 0 saturated heterocycles. The van der Waals surface area contributed by atoms with Gasteiger partial charge in [0.2, 0.25) is 0 Å². The maximum Gasteiger partial charge on any atom is 4.00 e. The van der Waals surface area contributed by atoms with Crippen LogP contribution in [0.1, 0.15) is 81.1 Å². The molecule has 22 nitrogen and oxygen atoms in total. The van der Waals surface area contributed by atoms with Crippen LogP contribution in [-0.4, -0.2) is 124 Å². The molecular formula is C40H56O22Ti. The third-order valence-corrected chi connectivity index (χ3v) is 5.29. The van der Waals surface area contributed by atoms with E-state index in [9.17, 15) is 57.5 Å². The van der Waals surface area contributed by atoms with Crippen molar-refractivity contribution in [2.24, 2.45) is 0 Å². The van der Waals surface area contributed by atoms with E-state index < -0.39 is 47.8 Å². The van der Waals surface area contributed by atoms with E-state index in [1.165, 1.54) is 55.4 Å². The van der Waals surface area contributed by atoms with E-state index in [-0.39, 0.29) is 157 Å². The van der Waals surface area contributed by atoms with E-state index >= 15 is 0 Å². The quantitative estimate of drug-likeness (QED) is 0.0334. The third kappa shape index (κ3) is 56.0. The van der Waals surface area contributed by atoms with Crippen molar-refractivity contribution in [3.8, 4) is 0 Å². The van der Waals surface area contributed by atoms with Gasteiger partial charge in [0.25, 0.3) is 0 Å². The third-order valence-electron chi connectivity index (χ3n) is 5.29. The van der Waals surface area contributed by atoms with Gasteiger partial charge in [-0.25, -0.2) is 19.2 Å². The molecule has 0 aliphatic carbocycles. The Balaban J connectivity index is -0.000000131. The molecule has 0 aromatic rings. The Morgan fingerprint density at radius 1 is 0.286 bits per heavy atom. The molecule has 0 radical (unpaired) electrons. The van der Waals surface area contributed by atoms with E-state index in [2.05, 4.69) is 64.2 Å². The predicted octanol–water partition coefficient (Wildman–Crippen LogP) is 2.27. The second-order valence-corrected chi connectivity index (χ2v) is 12.1. The minimum Gasteiger partial charge on any atom is -2.00 e. The maximum absolute atomic E-state index is 10.8. The molecular weight excluding hydrogens is 880 g/mol. The fraction of sp³-hybridized carbons (Fsp3) is 0.500. The number of carbonyl (C=O) groups is 12. The molecule has 0 N–H and O–H groups in total. The van der Waals surface area contributed by atoms with E-state index in [4.69, 9.17) is 0 Å². The van der Waals surface area contributed by atoms with Crippen molar-refractivity contribution in [1.82, 2.24) is 0 Å². The topological polar surface area (TPSA) is 336 Å². The summed E-state index contributed by atoms with van der Waals surface area (Å²) >= 11 is 0. The van der Waals surface area contributed by atoms with Gasteiger partial charge >= 0.3 is 69.5 Å². The average Bonchev–Trinajstić information content (AvgIpc) is 3.11. The standard InChI is InChI=1S/4C10H14O5.2O.Ti/c4*1-7(2)10(13)15-5-4-14-9(12)6-8(3)11;;;/h4*1,4-6H2,2-3H3;;;/q;;;;2*-2;+4. The van der Waals surface area contributed by atoms with Gasteiger partial charge in [0, 0.05) is 22.3 Å². The largest absolute Gasteiger partial charge is 4.00 e. The minimum atomic E-state index is -0.617. The van der Waals surface area contributed by atoms with Gasteiger partial charge in [-0.3, -0.25) is 38.4 Å². The van der Waals surface area contributed by atoms with Gasteiger partial charge in [-0.2, -0.15) is 0 Å². The van der Waals surface area contributed by atoms with Crippen molar-refractivity contribution in [1.29, 1.82) is 0 Å². The summed E-state index contributed by atoms with van der Waals surface area (Å²) < 4.78 is 37.1. The summed E-state index contributed by atoms with van der Waals surface area (Å²) in [6.07, 6.45) is -1.02. The zero-order valence-corrected chi connectivity index (χ0v) is 38.4.